The number of allylic oxidation sites excluding steroid dienone is 1. The van der Waals surface area contributed by atoms with E-state index in [4.69, 9.17) is 19.3 Å². The van der Waals surface area contributed by atoms with Crippen LogP contribution in [0.1, 0.15) is 32.6 Å². The highest BCUT2D eigenvalue weighted by atomic mass is 16.5. The molecule has 0 unspecified atom stereocenters. The maximum Gasteiger partial charge on any atom is 0.335 e. The first kappa shape index (κ1) is 27.6. The quantitative estimate of drug-likeness (QED) is 0.201. The van der Waals surface area contributed by atoms with Crippen LogP contribution in [0.2, 0.25) is 0 Å². The number of rotatable bonds is 12. The predicted molar refractivity (Wildman–Crippen MR) is 143 cm³/mol. The van der Waals surface area contributed by atoms with Gasteiger partial charge >= 0.3 is 5.97 Å². The van der Waals surface area contributed by atoms with Gasteiger partial charge in [-0.2, -0.15) is 5.26 Å². The van der Waals surface area contributed by atoms with Crippen molar-refractivity contribution in [1.82, 2.24) is 5.32 Å². The second-order valence-electron chi connectivity index (χ2n) is 8.20. The zero-order valence-electron chi connectivity index (χ0n) is 21.2. The molecule has 0 spiro atoms. The molecule has 0 atom stereocenters. The highest BCUT2D eigenvalue weighted by molar-refractivity contribution is 6.01. The van der Waals surface area contributed by atoms with Crippen molar-refractivity contribution in [3.8, 4) is 23.3 Å². The van der Waals surface area contributed by atoms with Crippen molar-refractivity contribution in [3.05, 3.63) is 107 Å². The Morgan fingerprint density at radius 1 is 1.03 bits per heavy atom. The molecule has 0 aliphatic carbocycles. The predicted octanol–water partition coefficient (Wildman–Crippen LogP) is 4.93. The monoisotopic (exact) mass is 512 g/mol. The lowest BCUT2D eigenvalue weighted by Crippen LogP contribution is -2.23. The fourth-order valence-corrected chi connectivity index (χ4v) is 3.62. The molecule has 194 valence electrons. The first-order valence-electron chi connectivity index (χ1n) is 11.7. The van der Waals surface area contributed by atoms with E-state index in [1.165, 1.54) is 25.3 Å². The zero-order chi connectivity index (χ0) is 27.5. The molecule has 3 rings (SSSR count). The Labute approximate surface area is 221 Å². The van der Waals surface area contributed by atoms with Gasteiger partial charge < -0.3 is 24.6 Å². The van der Waals surface area contributed by atoms with Gasteiger partial charge in [-0.15, -0.1) is 6.58 Å². The van der Waals surface area contributed by atoms with E-state index in [1.54, 1.807) is 49.6 Å². The van der Waals surface area contributed by atoms with Gasteiger partial charge in [-0.05, 0) is 65.6 Å². The highest BCUT2D eigenvalue weighted by Gasteiger charge is 2.15. The number of hydrogen-bond donors (Lipinski definition) is 2. The molecule has 8 nitrogen and oxygen atoms in total. The lowest BCUT2D eigenvalue weighted by Gasteiger charge is -2.16. The third-order valence-corrected chi connectivity index (χ3v) is 5.61. The smallest absolute Gasteiger partial charge is 0.335 e. The summed E-state index contributed by atoms with van der Waals surface area (Å²) in [6.07, 6.45) is 3.66. The lowest BCUT2D eigenvalue weighted by molar-refractivity contribution is -0.117. The molecule has 0 heterocycles. The minimum Gasteiger partial charge on any atom is -0.497 e. The third-order valence-electron chi connectivity index (χ3n) is 5.61. The normalized spacial score (nSPS) is 10.7. The van der Waals surface area contributed by atoms with Crippen LogP contribution in [0.5, 0.6) is 17.2 Å². The molecule has 0 radical (unpaired) electrons. The summed E-state index contributed by atoms with van der Waals surface area (Å²) in [6, 6.07) is 19.1. The Morgan fingerprint density at radius 3 is 2.29 bits per heavy atom. The topological polar surface area (TPSA) is 118 Å². The van der Waals surface area contributed by atoms with Gasteiger partial charge in [0.1, 0.15) is 24.0 Å². The average molecular weight is 513 g/mol. The molecule has 0 fully saturated rings. The number of carboxylic acids is 1. The van der Waals surface area contributed by atoms with E-state index < -0.39 is 11.9 Å². The van der Waals surface area contributed by atoms with Crippen molar-refractivity contribution >= 4 is 18.0 Å². The van der Waals surface area contributed by atoms with Crippen LogP contribution in [0.15, 0.2) is 78.9 Å². The van der Waals surface area contributed by atoms with Gasteiger partial charge in [0.25, 0.3) is 5.91 Å². The molecule has 0 saturated carbocycles. The first-order valence-corrected chi connectivity index (χ1v) is 11.7. The molecule has 38 heavy (non-hydrogen) atoms. The van der Waals surface area contributed by atoms with Crippen molar-refractivity contribution in [1.29, 1.82) is 5.26 Å². The van der Waals surface area contributed by atoms with E-state index in [1.807, 2.05) is 18.2 Å². The van der Waals surface area contributed by atoms with Crippen LogP contribution in [-0.4, -0.2) is 31.2 Å². The number of carboxylic acid groups (broad SMARTS) is 1. The Kier molecular flexibility index (Phi) is 9.66. The Hall–Kier alpha value is -5.03. The van der Waals surface area contributed by atoms with Crippen molar-refractivity contribution in [2.24, 2.45) is 0 Å². The Morgan fingerprint density at radius 2 is 1.71 bits per heavy atom. The van der Waals surface area contributed by atoms with Crippen LogP contribution in [0.4, 0.5) is 0 Å². The Bertz CT molecular complexity index is 1370. The molecule has 0 bridgehead atoms. The van der Waals surface area contributed by atoms with Gasteiger partial charge in [-0.1, -0.05) is 30.3 Å². The minimum absolute atomic E-state index is 0.0580. The number of hydrogen-bond acceptors (Lipinski definition) is 6. The summed E-state index contributed by atoms with van der Waals surface area (Å²) in [4.78, 5) is 23.8. The summed E-state index contributed by atoms with van der Waals surface area (Å²) >= 11 is 0. The number of methoxy groups -OCH3 is 2. The molecular formula is C30H28N2O6. The number of ether oxygens (including phenoxy) is 3. The highest BCUT2D eigenvalue weighted by Crippen LogP contribution is 2.35. The molecule has 0 aliphatic heterocycles. The summed E-state index contributed by atoms with van der Waals surface area (Å²) in [5.41, 5.74) is 3.13. The first-order chi connectivity index (χ1) is 18.4. The largest absolute Gasteiger partial charge is 0.497 e. The van der Waals surface area contributed by atoms with Crippen molar-refractivity contribution in [3.63, 3.8) is 0 Å². The van der Waals surface area contributed by atoms with Crippen LogP contribution < -0.4 is 19.5 Å². The molecule has 0 aromatic heterocycles. The summed E-state index contributed by atoms with van der Waals surface area (Å²) < 4.78 is 16.7. The van der Waals surface area contributed by atoms with Crippen LogP contribution >= 0.6 is 0 Å². The maximum absolute atomic E-state index is 12.7. The number of carbonyl (C=O) groups excluding carboxylic acids is 1. The van der Waals surface area contributed by atoms with E-state index in [0.717, 1.165) is 16.7 Å². The SMILES string of the molecule is C=CCc1cc(/C=C(/C#N)C(=O)NCc2ccc(OC)cc2)cc(OC)c1OCc1ccc(C(=O)O)cc1. The van der Waals surface area contributed by atoms with E-state index in [-0.39, 0.29) is 24.3 Å². The van der Waals surface area contributed by atoms with E-state index in [0.29, 0.717) is 29.2 Å². The molecule has 8 heteroatoms. The number of nitrogens with one attached hydrogen (secondary N) is 1. The molecule has 0 aliphatic rings. The van der Waals surface area contributed by atoms with E-state index >= 15 is 0 Å². The molecule has 1 amide bonds. The number of benzene rings is 3. The Balaban J connectivity index is 1.80. The molecule has 0 saturated heterocycles. The van der Waals surface area contributed by atoms with E-state index in [9.17, 15) is 14.9 Å². The fourth-order valence-electron chi connectivity index (χ4n) is 3.62. The van der Waals surface area contributed by atoms with Crippen molar-refractivity contribution in [2.75, 3.05) is 14.2 Å². The van der Waals surface area contributed by atoms with Crippen LogP contribution in [0, 0.1) is 11.3 Å². The molecular weight excluding hydrogens is 484 g/mol. The number of nitrogens with zero attached hydrogens (tertiary/aromatic N) is 1. The van der Waals surface area contributed by atoms with Crippen LogP contribution in [-0.2, 0) is 24.4 Å². The summed E-state index contributed by atoms with van der Waals surface area (Å²) in [7, 11) is 3.08. The second kappa shape index (κ2) is 13.3. The minimum atomic E-state index is -0.998. The number of nitriles is 1. The van der Waals surface area contributed by atoms with Gasteiger partial charge in [-0.25, -0.2) is 4.79 Å². The van der Waals surface area contributed by atoms with Crippen molar-refractivity contribution < 1.29 is 28.9 Å². The lowest BCUT2D eigenvalue weighted by atomic mass is 10.0. The van der Waals surface area contributed by atoms with Crippen molar-refractivity contribution in [2.45, 2.75) is 19.6 Å². The van der Waals surface area contributed by atoms with Gasteiger partial charge in [0.2, 0.25) is 0 Å². The summed E-state index contributed by atoms with van der Waals surface area (Å²) in [5, 5.41) is 21.5. The fraction of sp³-hybridized carbons (Fsp3) is 0.167. The number of amides is 1. The van der Waals surface area contributed by atoms with Gasteiger partial charge in [0.15, 0.2) is 11.5 Å². The van der Waals surface area contributed by atoms with Gasteiger partial charge in [0, 0.05) is 12.1 Å². The number of aromatic carboxylic acids is 1. The second-order valence-corrected chi connectivity index (χ2v) is 8.20. The molecule has 3 aromatic rings. The number of carbonyl (C=O) groups is 2. The molecule has 2 N–H and O–H groups in total. The third kappa shape index (κ3) is 7.24. The summed E-state index contributed by atoms with van der Waals surface area (Å²) in [5.74, 6) is 0.133. The van der Waals surface area contributed by atoms with Crippen LogP contribution in [0.25, 0.3) is 6.08 Å². The molecule has 3 aromatic carbocycles. The van der Waals surface area contributed by atoms with Crippen LogP contribution in [0.3, 0.4) is 0 Å². The summed E-state index contributed by atoms with van der Waals surface area (Å²) in [6.45, 7) is 4.25. The standard InChI is InChI=1S/C30H28N2O6/c1-4-5-24-14-22(15-25(17-31)29(33)32-18-20-8-12-26(36-2)13-9-20)16-27(37-3)28(24)38-19-21-6-10-23(11-7-21)30(34)35/h4,6-16H,1,5,18-19H2,2-3H3,(H,32,33)(H,34,35)/b25-15-. The van der Waals surface area contributed by atoms with Gasteiger partial charge in [0.05, 0.1) is 19.8 Å². The average Bonchev–Trinajstić information content (AvgIpc) is 2.94. The zero-order valence-corrected chi connectivity index (χ0v) is 21.2. The maximum atomic E-state index is 12.7. The van der Waals surface area contributed by atoms with Gasteiger partial charge in [-0.3, -0.25) is 4.79 Å². The van der Waals surface area contributed by atoms with E-state index in [2.05, 4.69) is 11.9 Å².